The van der Waals surface area contributed by atoms with Crippen LogP contribution in [0.5, 0.6) is 0 Å². The average Bonchev–Trinajstić information content (AvgIpc) is 2.84. The summed E-state index contributed by atoms with van der Waals surface area (Å²) in [6, 6.07) is 0.317. The number of amides is 1. The molecule has 1 saturated heterocycles. The number of benzene rings is 1. The van der Waals surface area contributed by atoms with Crippen molar-refractivity contribution in [3.05, 3.63) is 34.9 Å². The Morgan fingerprint density at radius 3 is 2.47 bits per heavy atom. The molecule has 1 fully saturated rings. The van der Waals surface area contributed by atoms with E-state index in [1.54, 1.807) is 0 Å². The highest BCUT2D eigenvalue weighted by Gasteiger charge is 2.28. The second-order valence-electron chi connectivity index (χ2n) is 3.44. The molecule has 7 heteroatoms. The minimum atomic E-state index is -2.01. The first kappa shape index (κ1) is 11.8. The predicted octanol–water partition coefficient (Wildman–Crippen LogP) is 2.02. The van der Waals surface area contributed by atoms with E-state index in [0.717, 1.165) is 5.06 Å². The van der Waals surface area contributed by atoms with Gasteiger partial charge in [0.2, 0.25) is 0 Å². The largest absolute Gasteiger partial charge is 0.280 e. The van der Waals surface area contributed by atoms with Crippen molar-refractivity contribution < 1.29 is 27.2 Å². The van der Waals surface area contributed by atoms with Crippen molar-refractivity contribution in [1.82, 2.24) is 5.06 Å². The lowest BCUT2D eigenvalue weighted by Gasteiger charge is -2.14. The maximum atomic E-state index is 13.3. The number of rotatable bonds is 1. The number of hydroxylamine groups is 2. The Morgan fingerprint density at radius 2 is 1.88 bits per heavy atom. The standard InChI is InChI=1S/C10H7F4NO2/c11-6-4-5(7(12)9(14)8(6)13)10(16)15-2-1-3-17-15/h4H,1-3H2. The molecule has 0 atom stereocenters. The van der Waals surface area contributed by atoms with Crippen LogP contribution < -0.4 is 0 Å². The Bertz CT molecular complexity index is 472. The summed E-state index contributed by atoms with van der Waals surface area (Å²) in [5, 5.41) is 0.787. The van der Waals surface area contributed by atoms with Crippen molar-refractivity contribution in [1.29, 1.82) is 0 Å². The molecule has 0 aliphatic carbocycles. The molecule has 0 unspecified atom stereocenters. The van der Waals surface area contributed by atoms with Gasteiger partial charge in [-0.1, -0.05) is 0 Å². The molecule has 1 amide bonds. The zero-order valence-electron chi connectivity index (χ0n) is 8.47. The van der Waals surface area contributed by atoms with Crippen molar-refractivity contribution in [3.63, 3.8) is 0 Å². The molecule has 1 aromatic rings. The Balaban J connectivity index is 2.41. The van der Waals surface area contributed by atoms with Gasteiger partial charge in [-0.25, -0.2) is 22.6 Å². The van der Waals surface area contributed by atoms with Gasteiger partial charge in [-0.2, -0.15) is 0 Å². The van der Waals surface area contributed by atoms with Gasteiger partial charge in [-0.3, -0.25) is 9.63 Å². The third-order valence-corrected chi connectivity index (χ3v) is 2.31. The molecular weight excluding hydrogens is 242 g/mol. The lowest BCUT2D eigenvalue weighted by atomic mass is 10.1. The van der Waals surface area contributed by atoms with Gasteiger partial charge in [-0.15, -0.1) is 0 Å². The smallest absolute Gasteiger partial charge is 0.271 e. The highest BCUT2D eigenvalue weighted by Crippen LogP contribution is 2.21. The van der Waals surface area contributed by atoms with Crippen LogP contribution in [-0.4, -0.2) is 24.1 Å². The molecule has 0 radical (unpaired) electrons. The quantitative estimate of drug-likeness (QED) is 0.433. The van der Waals surface area contributed by atoms with E-state index in [4.69, 9.17) is 4.84 Å². The van der Waals surface area contributed by atoms with E-state index in [9.17, 15) is 22.4 Å². The molecule has 0 aromatic heterocycles. The number of carbonyl (C=O) groups excluding carboxylic acids is 1. The van der Waals surface area contributed by atoms with Crippen molar-refractivity contribution in [3.8, 4) is 0 Å². The SMILES string of the molecule is O=C(c1cc(F)c(F)c(F)c1F)N1CCCO1. The minimum Gasteiger partial charge on any atom is -0.271 e. The first-order valence-electron chi connectivity index (χ1n) is 4.80. The first-order chi connectivity index (χ1) is 8.02. The fourth-order valence-electron chi connectivity index (χ4n) is 1.47. The molecule has 1 aromatic carbocycles. The number of halogens is 4. The van der Waals surface area contributed by atoms with E-state index in [1.165, 1.54) is 0 Å². The van der Waals surface area contributed by atoms with E-state index < -0.39 is 34.7 Å². The third-order valence-electron chi connectivity index (χ3n) is 2.31. The second-order valence-corrected chi connectivity index (χ2v) is 3.44. The van der Waals surface area contributed by atoms with Crippen LogP contribution in [0.1, 0.15) is 16.8 Å². The number of hydrogen-bond acceptors (Lipinski definition) is 2. The van der Waals surface area contributed by atoms with Gasteiger partial charge in [0.1, 0.15) is 0 Å². The summed E-state index contributed by atoms with van der Waals surface area (Å²) in [6.07, 6.45) is 0.541. The van der Waals surface area contributed by atoms with Crippen LogP contribution in [0.2, 0.25) is 0 Å². The molecule has 0 saturated carbocycles. The number of nitrogens with zero attached hydrogens (tertiary/aromatic N) is 1. The van der Waals surface area contributed by atoms with Gasteiger partial charge in [0.15, 0.2) is 23.3 Å². The Kier molecular flexibility index (Phi) is 3.01. The highest BCUT2D eigenvalue weighted by atomic mass is 19.2. The summed E-state index contributed by atoms with van der Waals surface area (Å²) in [7, 11) is 0. The summed E-state index contributed by atoms with van der Waals surface area (Å²) >= 11 is 0. The van der Waals surface area contributed by atoms with E-state index >= 15 is 0 Å². The summed E-state index contributed by atoms with van der Waals surface area (Å²) in [5.74, 6) is -8.32. The van der Waals surface area contributed by atoms with E-state index in [1.807, 2.05) is 0 Å². The topological polar surface area (TPSA) is 29.5 Å². The van der Waals surface area contributed by atoms with Crippen molar-refractivity contribution in [2.45, 2.75) is 6.42 Å². The summed E-state index contributed by atoms with van der Waals surface area (Å²) in [5.41, 5.74) is -0.886. The summed E-state index contributed by atoms with van der Waals surface area (Å²) in [6.45, 7) is 0.457. The zero-order chi connectivity index (χ0) is 12.6. The Morgan fingerprint density at radius 1 is 1.18 bits per heavy atom. The lowest BCUT2D eigenvalue weighted by Crippen LogP contribution is -2.28. The fourth-order valence-corrected chi connectivity index (χ4v) is 1.47. The fraction of sp³-hybridized carbons (Fsp3) is 0.300. The van der Waals surface area contributed by atoms with Gasteiger partial charge < -0.3 is 0 Å². The molecule has 0 spiro atoms. The molecule has 17 heavy (non-hydrogen) atoms. The van der Waals surface area contributed by atoms with Crippen molar-refractivity contribution in [2.75, 3.05) is 13.2 Å². The molecule has 1 aliphatic heterocycles. The monoisotopic (exact) mass is 249 g/mol. The number of hydrogen-bond donors (Lipinski definition) is 0. The molecule has 1 aliphatic rings. The van der Waals surface area contributed by atoms with Gasteiger partial charge >= 0.3 is 0 Å². The van der Waals surface area contributed by atoms with Crippen LogP contribution in [0.15, 0.2) is 6.07 Å². The summed E-state index contributed by atoms with van der Waals surface area (Å²) in [4.78, 5) is 16.4. The van der Waals surface area contributed by atoms with E-state index in [-0.39, 0.29) is 13.2 Å². The van der Waals surface area contributed by atoms with Gasteiger partial charge in [0.05, 0.1) is 18.7 Å². The molecule has 0 N–H and O–H groups in total. The van der Waals surface area contributed by atoms with Crippen molar-refractivity contribution >= 4 is 5.91 Å². The van der Waals surface area contributed by atoms with Crippen LogP contribution in [0.25, 0.3) is 0 Å². The van der Waals surface area contributed by atoms with Crippen LogP contribution in [-0.2, 0) is 4.84 Å². The Hall–Kier alpha value is -1.63. The number of carbonyl (C=O) groups is 1. The molecule has 3 nitrogen and oxygen atoms in total. The maximum absolute atomic E-state index is 13.3. The van der Waals surface area contributed by atoms with Gasteiger partial charge in [0.25, 0.3) is 5.91 Å². The Labute approximate surface area is 93.5 Å². The van der Waals surface area contributed by atoms with Crippen molar-refractivity contribution in [2.24, 2.45) is 0 Å². The van der Waals surface area contributed by atoms with Crippen LogP contribution in [0.3, 0.4) is 0 Å². The van der Waals surface area contributed by atoms with Crippen LogP contribution >= 0.6 is 0 Å². The van der Waals surface area contributed by atoms with Crippen LogP contribution in [0.4, 0.5) is 17.6 Å². The predicted molar refractivity (Wildman–Crippen MR) is 47.9 cm³/mol. The van der Waals surface area contributed by atoms with Gasteiger partial charge in [-0.05, 0) is 12.5 Å². The second kappa shape index (κ2) is 4.33. The molecule has 92 valence electrons. The maximum Gasteiger partial charge on any atom is 0.280 e. The highest BCUT2D eigenvalue weighted by molar-refractivity contribution is 5.94. The third kappa shape index (κ3) is 1.97. The molecular formula is C10H7F4NO2. The first-order valence-corrected chi connectivity index (χ1v) is 4.80. The average molecular weight is 249 g/mol. The van der Waals surface area contributed by atoms with Gasteiger partial charge in [0, 0.05) is 0 Å². The molecule has 2 rings (SSSR count). The lowest BCUT2D eigenvalue weighted by molar-refractivity contribution is -0.0771. The normalized spacial score (nSPS) is 15.4. The molecule has 1 heterocycles. The van der Waals surface area contributed by atoms with E-state index in [2.05, 4.69) is 0 Å². The van der Waals surface area contributed by atoms with E-state index in [0.29, 0.717) is 12.5 Å². The summed E-state index contributed by atoms with van der Waals surface area (Å²) < 4.78 is 51.7. The minimum absolute atomic E-state index is 0.193. The zero-order valence-corrected chi connectivity index (χ0v) is 8.47. The molecule has 0 bridgehead atoms. The van der Waals surface area contributed by atoms with Crippen LogP contribution in [0, 0.1) is 23.3 Å².